The van der Waals surface area contributed by atoms with Crippen LogP contribution in [-0.2, 0) is 4.79 Å². The van der Waals surface area contributed by atoms with Crippen LogP contribution in [-0.4, -0.2) is 25.6 Å². The Kier molecular flexibility index (Phi) is 7.02. The summed E-state index contributed by atoms with van der Waals surface area (Å²) < 4.78 is 5.67. The van der Waals surface area contributed by atoms with Gasteiger partial charge in [0.05, 0.1) is 11.4 Å². The van der Waals surface area contributed by atoms with Gasteiger partial charge in [-0.2, -0.15) is 0 Å². The first-order valence-electron chi connectivity index (χ1n) is 9.10. The maximum absolute atomic E-state index is 12.2. The van der Waals surface area contributed by atoms with Crippen molar-refractivity contribution in [1.29, 1.82) is 0 Å². The van der Waals surface area contributed by atoms with E-state index in [1.165, 1.54) is 10.4 Å². The van der Waals surface area contributed by atoms with Crippen molar-refractivity contribution in [2.24, 2.45) is 0 Å². The molecule has 0 saturated carbocycles. The molecule has 27 heavy (non-hydrogen) atoms. The summed E-state index contributed by atoms with van der Waals surface area (Å²) >= 11 is 1.71. The molecule has 0 bridgehead atoms. The molecule has 0 unspecified atom stereocenters. The zero-order valence-electron chi connectivity index (χ0n) is 15.4. The van der Waals surface area contributed by atoms with E-state index in [4.69, 9.17) is 4.74 Å². The van der Waals surface area contributed by atoms with Crippen LogP contribution in [0.15, 0.2) is 72.1 Å². The van der Waals surface area contributed by atoms with Crippen LogP contribution in [0, 0.1) is 6.92 Å². The molecule has 3 rings (SSSR count). The lowest BCUT2D eigenvalue weighted by Gasteiger charge is -2.15. The van der Waals surface area contributed by atoms with E-state index in [0.29, 0.717) is 19.7 Å². The molecule has 0 aliphatic rings. The van der Waals surface area contributed by atoms with Crippen LogP contribution in [0.25, 0.3) is 0 Å². The standard InChI is InChI=1S/C22H24N2O2S/c1-17-7-5-10-19(15-17)26-13-12-23-21(25)16-24-22(20-11-6-14-27-20)18-8-3-2-4-9-18/h2-11,14-15,22,24H,12-13,16H2,1H3,(H,23,25)/p+1/t22-/m0/s1. The molecule has 3 N–H and O–H groups in total. The first-order chi connectivity index (χ1) is 13.2. The van der Waals surface area contributed by atoms with Gasteiger partial charge >= 0.3 is 0 Å². The van der Waals surface area contributed by atoms with Crippen LogP contribution in [0.3, 0.4) is 0 Å². The summed E-state index contributed by atoms with van der Waals surface area (Å²) in [7, 11) is 0. The van der Waals surface area contributed by atoms with Crippen molar-refractivity contribution in [3.8, 4) is 5.75 Å². The fraction of sp³-hybridized carbons (Fsp3) is 0.227. The molecule has 4 nitrogen and oxygen atoms in total. The normalized spacial score (nSPS) is 11.7. The van der Waals surface area contributed by atoms with Crippen LogP contribution in [0.2, 0.25) is 0 Å². The number of quaternary nitrogens is 1. The Morgan fingerprint density at radius 3 is 2.70 bits per heavy atom. The molecule has 2 aromatic carbocycles. The van der Waals surface area contributed by atoms with Gasteiger partial charge in [0.2, 0.25) is 0 Å². The average Bonchev–Trinajstić information content (AvgIpc) is 3.21. The molecule has 0 aliphatic carbocycles. The first-order valence-corrected chi connectivity index (χ1v) is 9.98. The summed E-state index contributed by atoms with van der Waals surface area (Å²) in [6.45, 7) is 3.36. The van der Waals surface area contributed by atoms with Crippen molar-refractivity contribution < 1.29 is 14.8 Å². The molecule has 0 saturated heterocycles. The average molecular weight is 382 g/mol. The molecule has 0 spiro atoms. The molecule has 3 aromatic rings. The zero-order valence-corrected chi connectivity index (χ0v) is 16.2. The van der Waals surface area contributed by atoms with Gasteiger partial charge in [-0.3, -0.25) is 4.79 Å². The number of nitrogens with two attached hydrogens (primary N) is 1. The minimum Gasteiger partial charge on any atom is -0.492 e. The molecule has 5 heteroatoms. The summed E-state index contributed by atoms with van der Waals surface area (Å²) in [6, 6.07) is 22.5. The largest absolute Gasteiger partial charge is 0.492 e. The van der Waals surface area contributed by atoms with Crippen molar-refractivity contribution in [3.05, 3.63) is 88.1 Å². The number of amides is 1. The van der Waals surface area contributed by atoms with Gasteiger partial charge in [0.25, 0.3) is 5.91 Å². The number of carbonyl (C=O) groups is 1. The van der Waals surface area contributed by atoms with Gasteiger partial charge in [-0.1, -0.05) is 48.5 Å². The summed E-state index contributed by atoms with van der Waals surface area (Å²) in [5, 5.41) is 7.08. The van der Waals surface area contributed by atoms with Gasteiger partial charge in [0.15, 0.2) is 6.54 Å². The van der Waals surface area contributed by atoms with Crippen LogP contribution in [0.1, 0.15) is 22.0 Å². The number of ether oxygens (including phenoxy) is 1. The number of nitrogens with one attached hydrogen (secondary N) is 1. The Balaban J connectivity index is 1.45. The van der Waals surface area contributed by atoms with Gasteiger partial charge in [0.1, 0.15) is 18.4 Å². The zero-order chi connectivity index (χ0) is 18.9. The lowest BCUT2D eigenvalue weighted by Crippen LogP contribution is -2.87. The molecule has 0 aliphatic heterocycles. The van der Waals surface area contributed by atoms with E-state index in [2.05, 4.69) is 34.2 Å². The summed E-state index contributed by atoms with van der Waals surface area (Å²) in [5.41, 5.74) is 2.36. The third-order valence-corrected chi connectivity index (χ3v) is 5.19. The second-order valence-corrected chi connectivity index (χ2v) is 7.34. The Bertz CT molecular complexity index is 835. The van der Waals surface area contributed by atoms with Crippen molar-refractivity contribution >= 4 is 17.2 Å². The predicted octanol–water partition coefficient (Wildman–Crippen LogP) is 2.90. The van der Waals surface area contributed by atoms with E-state index in [0.717, 1.165) is 11.3 Å². The highest BCUT2D eigenvalue weighted by molar-refractivity contribution is 7.10. The predicted molar refractivity (Wildman–Crippen MR) is 109 cm³/mol. The molecule has 1 atom stereocenters. The number of carbonyl (C=O) groups excluding carboxylic acids is 1. The van der Waals surface area contributed by atoms with Crippen molar-refractivity contribution in [3.63, 3.8) is 0 Å². The van der Waals surface area contributed by atoms with E-state index < -0.39 is 0 Å². The fourth-order valence-corrected chi connectivity index (χ4v) is 3.76. The minimum atomic E-state index is 0.0142. The molecule has 1 aromatic heterocycles. The Morgan fingerprint density at radius 2 is 1.96 bits per heavy atom. The molecule has 140 valence electrons. The molecular weight excluding hydrogens is 356 g/mol. The maximum atomic E-state index is 12.2. The summed E-state index contributed by atoms with van der Waals surface area (Å²) in [5.74, 6) is 0.845. The van der Waals surface area contributed by atoms with Gasteiger partial charge in [0, 0.05) is 5.56 Å². The van der Waals surface area contributed by atoms with Gasteiger partial charge in [-0.25, -0.2) is 0 Å². The quantitative estimate of drug-likeness (QED) is 0.560. The van der Waals surface area contributed by atoms with Crippen LogP contribution in [0.5, 0.6) is 5.75 Å². The number of benzene rings is 2. The highest BCUT2D eigenvalue weighted by atomic mass is 32.1. The number of hydrogen-bond donors (Lipinski definition) is 2. The Labute approximate surface area is 164 Å². The van der Waals surface area contributed by atoms with E-state index in [-0.39, 0.29) is 11.9 Å². The van der Waals surface area contributed by atoms with Gasteiger partial charge in [-0.05, 0) is 36.1 Å². The number of thiophene rings is 1. The molecular formula is C22H25N2O2S+. The highest BCUT2D eigenvalue weighted by Gasteiger charge is 2.19. The van der Waals surface area contributed by atoms with E-state index in [1.54, 1.807) is 11.3 Å². The van der Waals surface area contributed by atoms with Crippen LogP contribution >= 0.6 is 11.3 Å². The fourth-order valence-electron chi connectivity index (χ4n) is 2.91. The number of aryl methyl sites for hydroxylation is 1. The third kappa shape index (κ3) is 5.94. The smallest absolute Gasteiger partial charge is 0.275 e. The Morgan fingerprint density at radius 1 is 1.11 bits per heavy atom. The maximum Gasteiger partial charge on any atom is 0.275 e. The minimum absolute atomic E-state index is 0.0142. The number of rotatable bonds is 9. The SMILES string of the molecule is Cc1cccc(OCCNC(=O)C[NH2+][C@@H](c2ccccc2)c2cccs2)c1. The highest BCUT2D eigenvalue weighted by Crippen LogP contribution is 2.22. The Hall–Kier alpha value is -2.63. The van der Waals surface area contributed by atoms with Gasteiger partial charge < -0.3 is 15.4 Å². The molecule has 0 fully saturated rings. The molecule has 0 radical (unpaired) electrons. The lowest BCUT2D eigenvalue weighted by molar-refractivity contribution is -0.676. The summed E-state index contributed by atoms with van der Waals surface area (Å²) in [4.78, 5) is 13.5. The third-order valence-electron chi connectivity index (χ3n) is 4.23. The second-order valence-electron chi connectivity index (χ2n) is 6.36. The molecule has 1 heterocycles. The number of hydrogen-bond acceptors (Lipinski definition) is 3. The monoisotopic (exact) mass is 381 g/mol. The van der Waals surface area contributed by atoms with Crippen LogP contribution < -0.4 is 15.4 Å². The van der Waals surface area contributed by atoms with Crippen molar-refractivity contribution in [2.75, 3.05) is 19.7 Å². The van der Waals surface area contributed by atoms with E-state index in [9.17, 15) is 4.79 Å². The van der Waals surface area contributed by atoms with Gasteiger partial charge in [-0.15, -0.1) is 11.3 Å². The van der Waals surface area contributed by atoms with Crippen molar-refractivity contribution in [1.82, 2.24) is 5.32 Å². The second kappa shape index (κ2) is 9.90. The first kappa shape index (κ1) is 19.1. The topological polar surface area (TPSA) is 54.9 Å². The molecule has 1 amide bonds. The van der Waals surface area contributed by atoms with E-state index in [1.807, 2.05) is 55.5 Å². The van der Waals surface area contributed by atoms with Crippen LogP contribution in [0.4, 0.5) is 0 Å². The lowest BCUT2D eigenvalue weighted by atomic mass is 10.1. The summed E-state index contributed by atoms with van der Waals surface area (Å²) in [6.07, 6.45) is 0. The van der Waals surface area contributed by atoms with Crippen molar-refractivity contribution in [2.45, 2.75) is 13.0 Å². The van der Waals surface area contributed by atoms with E-state index >= 15 is 0 Å².